The van der Waals surface area contributed by atoms with Crippen LogP contribution >= 0.6 is 0 Å². The van der Waals surface area contributed by atoms with E-state index in [4.69, 9.17) is 20.4 Å². The molecule has 11 heteroatoms. The summed E-state index contributed by atoms with van der Waals surface area (Å²) in [6.45, 7) is 9.80. The number of ether oxygens (including phenoxy) is 1. The molecular weight excluding hydrogens is 534 g/mol. The Kier molecular flexibility index (Phi) is 7.93. The SMILES string of the molecule is CC#CCn1c(N2CCCC(N)C2)nc2c1c(=O)n(Cc1nc(C)cc3ccccc13)c(=O)n2CC(=O)OC(C)(C)C. The topological polar surface area (TPSA) is 130 Å². The van der Waals surface area contributed by atoms with Gasteiger partial charge in [-0.05, 0) is 58.9 Å². The number of carbonyl (C=O) groups excluding carboxylic acids is 1. The lowest BCUT2D eigenvalue weighted by Gasteiger charge is -2.31. The zero-order valence-electron chi connectivity index (χ0n) is 24.8. The fourth-order valence-corrected chi connectivity index (χ4v) is 5.49. The van der Waals surface area contributed by atoms with Crippen LogP contribution in [-0.4, -0.2) is 54.4 Å². The van der Waals surface area contributed by atoms with Crippen molar-refractivity contribution in [1.29, 1.82) is 0 Å². The lowest BCUT2D eigenvalue weighted by atomic mass is 10.1. The number of hydrogen-bond acceptors (Lipinski definition) is 8. The molecule has 0 aliphatic carbocycles. The molecule has 3 aromatic heterocycles. The zero-order valence-corrected chi connectivity index (χ0v) is 24.8. The molecule has 220 valence electrons. The molecular formula is C31H37N7O4. The predicted molar refractivity (Wildman–Crippen MR) is 163 cm³/mol. The second kappa shape index (κ2) is 11.4. The molecule has 0 amide bonds. The highest BCUT2D eigenvalue weighted by atomic mass is 16.6. The van der Waals surface area contributed by atoms with Gasteiger partial charge in [-0.25, -0.2) is 4.79 Å². The molecule has 5 rings (SSSR count). The molecule has 0 radical (unpaired) electrons. The average Bonchev–Trinajstić information content (AvgIpc) is 3.30. The molecule has 1 aliphatic rings. The fraction of sp³-hybridized carbons (Fsp3) is 0.452. The smallest absolute Gasteiger partial charge is 0.333 e. The van der Waals surface area contributed by atoms with E-state index < -0.39 is 29.4 Å². The van der Waals surface area contributed by atoms with E-state index in [0.29, 0.717) is 24.7 Å². The first-order chi connectivity index (χ1) is 20.0. The van der Waals surface area contributed by atoms with Gasteiger partial charge in [0, 0.05) is 30.2 Å². The van der Waals surface area contributed by atoms with Crippen LogP contribution in [0.2, 0.25) is 0 Å². The highest BCUT2D eigenvalue weighted by Crippen LogP contribution is 2.24. The van der Waals surface area contributed by atoms with Crippen LogP contribution < -0.4 is 21.9 Å². The molecule has 42 heavy (non-hydrogen) atoms. The van der Waals surface area contributed by atoms with Crippen LogP contribution in [0.15, 0.2) is 39.9 Å². The summed E-state index contributed by atoms with van der Waals surface area (Å²) < 4.78 is 9.65. The standard InChI is InChI=1S/C31H37N7O4/c1-6-7-15-36-26-27(34-29(36)35-14-10-12-22(32)17-35)37(19-25(39)42-31(3,4)5)30(41)38(28(26)40)18-24-23-13-9-8-11-21(23)16-20(2)33-24/h8-9,11,13,16,22H,10,12,14-15,17-19,32H2,1-5H3. The van der Waals surface area contributed by atoms with Gasteiger partial charge in [-0.2, -0.15) is 4.98 Å². The summed E-state index contributed by atoms with van der Waals surface area (Å²) in [6.07, 6.45) is 1.75. The molecule has 1 aromatic carbocycles. The molecule has 1 fully saturated rings. The zero-order chi connectivity index (χ0) is 30.2. The molecule has 0 saturated carbocycles. The van der Waals surface area contributed by atoms with Gasteiger partial charge >= 0.3 is 11.7 Å². The van der Waals surface area contributed by atoms with Crippen molar-refractivity contribution in [2.75, 3.05) is 18.0 Å². The predicted octanol–water partition coefficient (Wildman–Crippen LogP) is 2.56. The van der Waals surface area contributed by atoms with Gasteiger partial charge in [0.2, 0.25) is 5.95 Å². The van der Waals surface area contributed by atoms with Gasteiger partial charge in [-0.1, -0.05) is 30.2 Å². The molecule has 4 heterocycles. The van der Waals surface area contributed by atoms with E-state index >= 15 is 0 Å². The second-order valence-corrected chi connectivity index (χ2v) is 11.7. The van der Waals surface area contributed by atoms with Crippen molar-refractivity contribution in [3.63, 3.8) is 0 Å². The molecule has 11 nitrogen and oxygen atoms in total. The van der Waals surface area contributed by atoms with Gasteiger partial charge in [0.1, 0.15) is 12.1 Å². The van der Waals surface area contributed by atoms with Crippen molar-refractivity contribution >= 4 is 33.9 Å². The van der Waals surface area contributed by atoms with Gasteiger partial charge < -0.3 is 15.4 Å². The molecule has 1 aliphatic heterocycles. The van der Waals surface area contributed by atoms with Crippen LogP contribution in [0.1, 0.15) is 51.9 Å². The lowest BCUT2D eigenvalue weighted by Crippen LogP contribution is -2.44. The van der Waals surface area contributed by atoms with E-state index in [-0.39, 0.29) is 30.3 Å². The maximum atomic E-state index is 14.2. The molecule has 0 bridgehead atoms. The van der Waals surface area contributed by atoms with E-state index in [2.05, 4.69) is 11.8 Å². The van der Waals surface area contributed by atoms with E-state index in [0.717, 1.165) is 33.9 Å². The number of aryl methyl sites for hydroxylation is 1. The first kappa shape index (κ1) is 29.1. The van der Waals surface area contributed by atoms with Crippen molar-refractivity contribution < 1.29 is 9.53 Å². The molecule has 0 spiro atoms. The van der Waals surface area contributed by atoms with Gasteiger partial charge in [-0.3, -0.25) is 28.3 Å². The minimum absolute atomic E-state index is 0.0504. The van der Waals surface area contributed by atoms with Crippen LogP contribution in [-0.2, 0) is 29.2 Å². The summed E-state index contributed by atoms with van der Waals surface area (Å²) in [5.74, 6) is 5.82. The maximum Gasteiger partial charge on any atom is 0.333 e. The third kappa shape index (κ3) is 5.81. The van der Waals surface area contributed by atoms with Crippen molar-refractivity contribution in [3.8, 4) is 11.8 Å². The van der Waals surface area contributed by atoms with Gasteiger partial charge in [0.15, 0.2) is 11.2 Å². The number of nitrogens with two attached hydrogens (primary N) is 1. The average molecular weight is 572 g/mol. The number of aromatic nitrogens is 5. The number of benzene rings is 1. The van der Waals surface area contributed by atoms with Crippen LogP contribution in [0.25, 0.3) is 21.9 Å². The molecule has 4 aromatic rings. The Morgan fingerprint density at radius 3 is 2.62 bits per heavy atom. The third-order valence-electron chi connectivity index (χ3n) is 7.21. The summed E-state index contributed by atoms with van der Waals surface area (Å²) >= 11 is 0. The monoisotopic (exact) mass is 571 g/mol. The van der Waals surface area contributed by atoms with E-state index in [9.17, 15) is 14.4 Å². The van der Waals surface area contributed by atoms with E-state index in [1.165, 1.54) is 4.57 Å². The van der Waals surface area contributed by atoms with Crippen LogP contribution in [0.3, 0.4) is 0 Å². The Bertz CT molecular complexity index is 1850. The van der Waals surface area contributed by atoms with Crippen LogP contribution in [0.5, 0.6) is 0 Å². The van der Waals surface area contributed by atoms with Crippen molar-refractivity contribution in [2.24, 2.45) is 5.73 Å². The Balaban J connectivity index is 1.77. The first-order valence-electron chi connectivity index (χ1n) is 14.2. The fourth-order valence-electron chi connectivity index (χ4n) is 5.49. The molecule has 1 saturated heterocycles. The maximum absolute atomic E-state index is 14.2. The number of rotatable bonds is 6. The van der Waals surface area contributed by atoms with Crippen molar-refractivity contribution in [3.05, 3.63) is 62.6 Å². The molecule has 1 atom stereocenters. The largest absolute Gasteiger partial charge is 0.459 e. The number of pyridine rings is 1. The van der Waals surface area contributed by atoms with Gasteiger partial charge in [0.25, 0.3) is 5.56 Å². The number of anilines is 1. The van der Waals surface area contributed by atoms with E-state index in [1.54, 1.807) is 32.3 Å². The van der Waals surface area contributed by atoms with Crippen LogP contribution in [0.4, 0.5) is 5.95 Å². The highest BCUT2D eigenvalue weighted by Gasteiger charge is 2.28. The summed E-state index contributed by atoms with van der Waals surface area (Å²) in [6, 6.07) is 9.61. The van der Waals surface area contributed by atoms with E-state index in [1.807, 2.05) is 42.2 Å². The summed E-state index contributed by atoms with van der Waals surface area (Å²) in [4.78, 5) is 52.9. The molecule has 1 unspecified atom stereocenters. The first-order valence-corrected chi connectivity index (χ1v) is 14.2. The highest BCUT2D eigenvalue weighted by molar-refractivity contribution is 5.85. The van der Waals surface area contributed by atoms with Crippen molar-refractivity contribution in [1.82, 2.24) is 23.7 Å². The Labute approximate surface area is 243 Å². The number of carbonyl (C=O) groups is 1. The Morgan fingerprint density at radius 1 is 1.14 bits per heavy atom. The normalized spacial score (nSPS) is 15.6. The third-order valence-corrected chi connectivity index (χ3v) is 7.21. The van der Waals surface area contributed by atoms with Gasteiger partial charge in [-0.15, -0.1) is 5.92 Å². The lowest BCUT2D eigenvalue weighted by molar-refractivity contribution is -0.155. The van der Waals surface area contributed by atoms with Gasteiger partial charge in [0.05, 0.1) is 18.8 Å². The number of esters is 1. The van der Waals surface area contributed by atoms with Crippen molar-refractivity contribution in [2.45, 2.75) is 78.7 Å². The summed E-state index contributed by atoms with van der Waals surface area (Å²) in [7, 11) is 0. The second-order valence-electron chi connectivity index (χ2n) is 11.7. The number of piperidine rings is 1. The Morgan fingerprint density at radius 2 is 1.90 bits per heavy atom. The summed E-state index contributed by atoms with van der Waals surface area (Å²) in [5, 5.41) is 1.79. The number of nitrogens with zero attached hydrogens (tertiary/aromatic N) is 6. The minimum Gasteiger partial charge on any atom is -0.459 e. The molecule has 2 N–H and O–H groups in total. The Hall–Kier alpha value is -4.43. The summed E-state index contributed by atoms with van der Waals surface area (Å²) in [5.41, 5.74) is 5.97. The number of imidazole rings is 1. The minimum atomic E-state index is -0.760. The van der Waals surface area contributed by atoms with Crippen LogP contribution in [0, 0.1) is 18.8 Å². The number of hydrogen-bond donors (Lipinski definition) is 1. The number of fused-ring (bicyclic) bond motifs is 2. The quantitative estimate of drug-likeness (QED) is 0.276.